The van der Waals surface area contributed by atoms with Crippen molar-refractivity contribution in [2.24, 2.45) is 0 Å². The summed E-state index contributed by atoms with van der Waals surface area (Å²) < 4.78 is 0. The Morgan fingerprint density at radius 3 is 1.00 bits per heavy atom. The largest absolute Gasteiger partial charge is 0.332 e. The molecule has 288 valence electrons. The molecule has 0 saturated heterocycles. The van der Waals surface area contributed by atoms with Gasteiger partial charge in [0.15, 0.2) is 0 Å². The number of urea groups is 1. The first-order valence-corrected chi connectivity index (χ1v) is 21.6. The number of amides is 4. The summed E-state index contributed by atoms with van der Waals surface area (Å²) in [5.74, 6) is -0.372. The van der Waals surface area contributed by atoms with Gasteiger partial charge >= 0.3 is 6.03 Å². The first-order valence-electron chi connectivity index (χ1n) is 21.6. The van der Waals surface area contributed by atoms with E-state index < -0.39 is 6.03 Å². The summed E-state index contributed by atoms with van der Waals surface area (Å²) in [5.41, 5.74) is 1.47. The molecule has 0 bridgehead atoms. The number of carbonyl (C=O) groups excluding carboxylic acids is 3. The molecule has 0 atom stereocenters. The van der Waals surface area contributed by atoms with Gasteiger partial charge in [-0.1, -0.05) is 211 Å². The summed E-state index contributed by atoms with van der Waals surface area (Å²) in [4.78, 5) is 40.1. The number of unbranched alkanes of at least 4 members (excludes halogenated alkanes) is 28. The minimum atomic E-state index is -0.500. The van der Waals surface area contributed by atoms with Crippen molar-refractivity contribution in [3.63, 3.8) is 0 Å². The molecular weight excluding hydrogens is 617 g/mol. The van der Waals surface area contributed by atoms with Crippen LogP contribution < -0.4 is 0 Å². The fraction of sp³-hybridized carbons (Fsp3) is 0.800. The molecule has 5 nitrogen and oxygen atoms in total. The van der Waals surface area contributed by atoms with Crippen LogP contribution in [0, 0.1) is 0 Å². The second-order valence-electron chi connectivity index (χ2n) is 15.2. The van der Waals surface area contributed by atoms with E-state index in [0.29, 0.717) is 12.8 Å². The summed E-state index contributed by atoms with van der Waals surface area (Å²) in [5, 5.41) is 0. The number of carbonyl (C=O) groups is 3. The third-order valence-electron chi connectivity index (χ3n) is 10.5. The maximum atomic E-state index is 12.7. The van der Waals surface area contributed by atoms with Crippen LogP contribution in [-0.2, 0) is 16.0 Å². The van der Waals surface area contributed by atoms with E-state index in [9.17, 15) is 14.4 Å². The molecule has 4 amide bonds. The van der Waals surface area contributed by atoms with Crippen LogP contribution >= 0.6 is 0 Å². The molecule has 1 rings (SSSR count). The van der Waals surface area contributed by atoms with Crippen LogP contribution in [0.15, 0.2) is 30.3 Å². The maximum absolute atomic E-state index is 12.7. The summed E-state index contributed by atoms with van der Waals surface area (Å²) in [6.07, 6.45) is 40.3. The Hall–Kier alpha value is -2.17. The topological polar surface area (TPSA) is 57.7 Å². The number of rotatable bonds is 34. The first kappa shape index (κ1) is 45.9. The lowest BCUT2D eigenvalue weighted by Gasteiger charge is -2.22. The first-order chi connectivity index (χ1) is 24.5. The lowest BCUT2D eigenvalue weighted by Crippen LogP contribution is -2.44. The SMILES string of the molecule is CCCCCCCCCCCCCCCCCC(=O)N(C)C(=O)N(C)C(=O)CCCCCCCCCCCCCCCCCc1ccccc1. The molecule has 0 radical (unpaired) electrons. The van der Waals surface area contributed by atoms with Gasteiger partial charge in [0.25, 0.3) is 0 Å². The van der Waals surface area contributed by atoms with Crippen LogP contribution in [0.25, 0.3) is 0 Å². The zero-order chi connectivity index (χ0) is 36.3. The van der Waals surface area contributed by atoms with Gasteiger partial charge in [0.05, 0.1) is 0 Å². The minimum absolute atomic E-state index is 0.186. The molecule has 50 heavy (non-hydrogen) atoms. The molecule has 0 spiro atoms. The number of aryl methyl sites for hydroxylation is 1. The van der Waals surface area contributed by atoms with E-state index in [1.165, 1.54) is 180 Å². The van der Waals surface area contributed by atoms with E-state index in [1.807, 2.05) is 0 Å². The summed E-state index contributed by atoms with van der Waals surface area (Å²) >= 11 is 0. The number of hydrogen-bond acceptors (Lipinski definition) is 3. The van der Waals surface area contributed by atoms with Crippen molar-refractivity contribution in [3.8, 4) is 0 Å². The van der Waals surface area contributed by atoms with Crippen LogP contribution in [0.1, 0.15) is 218 Å². The van der Waals surface area contributed by atoms with E-state index >= 15 is 0 Å². The van der Waals surface area contributed by atoms with E-state index in [4.69, 9.17) is 0 Å². The van der Waals surface area contributed by atoms with Crippen LogP contribution in [0.3, 0.4) is 0 Å². The monoisotopic (exact) mass is 697 g/mol. The highest BCUT2D eigenvalue weighted by atomic mass is 16.2. The van der Waals surface area contributed by atoms with Gasteiger partial charge in [0, 0.05) is 26.9 Å². The van der Waals surface area contributed by atoms with Gasteiger partial charge < -0.3 is 0 Å². The van der Waals surface area contributed by atoms with Crippen LogP contribution in [-0.4, -0.2) is 41.7 Å². The second-order valence-corrected chi connectivity index (χ2v) is 15.2. The normalized spacial score (nSPS) is 11.2. The highest BCUT2D eigenvalue weighted by molar-refractivity contribution is 6.01. The van der Waals surface area contributed by atoms with Gasteiger partial charge in [-0.3, -0.25) is 19.4 Å². The van der Waals surface area contributed by atoms with E-state index in [1.54, 1.807) is 0 Å². The smallest absolute Gasteiger partial charge is 0.274 e. The number of imide groups is 2. The van der Waals surface area contributed by atoms with Crippen LogP contribution in [0.4, 0.5) is 4.79 Å². The van der Waals surface area contributed by atoms with Gasteiger partial charge in [-0.2, -0.15) is 0 Å². The predicted molar refractivity (Wildman–Crippen MR) is 214 cm³/mol. The molecule has 0 aliphatic rings. The Morgan fingerprint density at radius 1 is 0.400 bits per heavy atom. The van der Waals surface area contributed by atoms with Crippen molar-refractivity contribution in [1.82, 2.24) is 9.80 Å². The fourth-order valence-electron chi connectivity index (χ4n) is 6.97. The average molecular weight is 697 g/mol. The van der Waals surface area contributed by atoms with Gasteiger partial charge in [-0.05, 0) is 31.2 Å². The van der Waals surface area contributed by atoms with Crippen molar-refractivity contribution in [2.45, 2.75) is 219 Å². The van der Waals surface area contributed by atoms with Crippen LogP contribution in [0.2, 0.25) is 0 Å². The van der Waals surface area contributed by atoms with Crippen molar-refractivity contribution < 1.29 is 14.4 Å². The van der Waals surface area contributed by atoms with Crippen molar-refractivity contribution >= 4 is 17.8 Å². The highest BCUT2D eigenvalue weighted by Gasteiger charge is 2.24. The van der Waals surface area contributed by atoms with Crippen LogP contribution in [0.5, 0.6) is 0 Å². The Balaban J connectivity index is 1.89. The van der Waals surface area contributed by atoms with E-state index in [-0.39, 0.29) is 11.8 Å². The molecule has 1 aromatic carbocycles. The molecule has 0 aliphatic carbocycles. The summed E-state index contributed by atoms with van der Waals surface area (Å²) in [6.45, 7) is 2.27. The standard InChI is InChI=1S/C45H80N2O3/c1-4-5-6-7-8-9-10-11-13-17-20-23-26-29-35-40-43(48)46(2)45(50)47(3)44(49)41-36-30-27-24-21-18-15-12-14-16-19-22-25-28-32-37-42-38-33-31-34-39-42/h31,33-34,38-39H,4-30,32,35-37,40-41H2,1-3H3. The lowest BCUT2D eigenvalue weighted by atomic mass is 10.0. The molecule has 0 aliphatic heterocycles. The molecule has 0 fully saturated rings. The Morgan fingerprint density at radius 2 is 0.680 bits per heavy atom. The molecular formula is C45H80N2O3. The quantitative estimate of drug-likeness (QED) is 0.0674. The Bertz CT molecular complexity index is 934. The molecule has 5 heteroatoms. The number of nitrogens with zero attached hydrogens (tertiary/aromatic N) is 2. The predicted octanol–water partition coefficient (Wildman–Crippen LogP) is 13.8. The molecule has 0 N–H and O–H groups in total. The average Bonchev–Trinajstić information content (AvgIpc) is 3.13. The maximum Gasteiger partial charge on any atom is 0.332 e. The van der Waals surface area contributed by atoms with Crippen molar-refractivity contribution in [2.75, 3.05) is 14.1 Å². The van der Waals surface area contributed by atoms with Gasteiger partial charge in [0.2, 0.25) is 11.8 Å². The summed E-state index contributed by atoms with van der Waals surface area (Å²) in [7, 11) is 3.02. The molecule has 0 aromatic heterocycles. The molecule has 0 heterocycles. The molecule has 1 aromatic rings. The summed E-state index contributed by atoms with van der Waals surface area (Å²) in [6, 6.07) is 10.3. The highest BCUT2D eigenvalue weighted by Crippen LogP contribution is 2.16. The van der Waals surface area contributed by atoms with E-state index in [0.717, 1.165) is 48.3 Å². The van der Waals surface area contributed by atoms with Gasteiger partial charge in [-0.25, -0.2) is 4.79 Å². The Labute approximate surface area is 310 Å². The second kappa shape index (κ2) is 33.9. The zero-order valence-corrected chi connectivity index (χ0v) is 33.3. The Kier molecular flexibility index (Phi) is 31.1. The molecule has 0 unspecified atom stereocenters. The number of benzene rings is 1. The van der Waals surface area contributed by atoms with Gasteiger partial charge in [-0.15, -0.1) is 0 Å². The van der Waals surface area contributed by atoms with Crippen molar-refractivity contribution in [1.29, 1.82) is 0 Å². The third-order valence-corrected chi connectivity index (χ3v) is 10.5. The number of hydrogen-bond donors (Lipinski definition) is 0. The van der Waals surface area contributed by atoms with E-state index in [2.05, 4.69) is 37.3 Å². The minimum Gasteiger partial charge on any atom is -0.274 e. The fourth-order valence-corrected chi connectivity index (χ4v) is 6.97. The molecule has 0 saturated carbocycles. The lowest BCUT2D eigenvalue weighted by molar-refractivity contribution is -0.130. The van der Waals surface area contributed by atoms with Gasteiger partial charge in [0.1, 0.15) is 0 Å². The van der Waals surface area contributed by atoms with Crippen molar-refractivity contribution in [3.05, 3.63) is 35.9 Å². The third kappa shape index (κ3) is 26.6. The zero-order valence-electron chi connectivity index (χ0n) is 33.3.